The summed E-state index contributed by atoms with van der Waals surface area (Å²) in [7, 11) is -3.61. The minimum absolute atomic E-state index is 0.00162. The normalized spacial score (nSPS) is 16.0. The Morgan fingerprint density at radius 1 is 1.37 bits per heavy atom. The molecule has 0 saturated heterocycles. The quantitative estimate of drug-likeness (QED) is 0.847. The van der Waals surface area contributed by atoms with Crippen molar-refractivity contribution >= 4 is 38.9 Å². The summed E-state index contributed by atoms with van der Waals surface area (Å²) in [4.78, 5) is 0.0265. The van der Waals surface area contributed by atoms with Crippen LogP contribution in [0, 0.1) is 5.92 Å². The molecule has 1 saturated carbocycles. The summed E-state index contributed by atoms with van der Waals surface area (Å²) >= 11 is 11.8. The Morgan fingerprint density at radius 2 is 2.00 bits per heavy atom. The summed E-state index contributed by atoms with van der Waals surface area (Å²) in [5.74, 6) is 0.471. The van der Waals surface area contributed by atoms with Gasteiger partial charge in [0, 0.05) is 13.1 Å². The third-order valence-corrected chi connectivity index (χ3v) is 6.05. The zero-order valence-electron chi connectivity index (χ0n) is 10.6. The molecule has 1 aliphatic carbocycles. The van der Waals surface area contributed by atoms with Gasteiger partial charge in [0.2, 0.25) is 10.0 Å². The Morgan fingerprint density at radius 3 is 2.53 bits per heavy atom. The van der Waals surface area contributed by atoms with Crippen molar-refractivity contribution in [2.75, 3.05) is 18.8 Å². The molecule has 0 amide bonds. The molecule has 0 bridgehead atoms. The van der Waals surface area contributed by atoms with Crippen molar-refractivity contribution in [1.29, 1.82) is 0 Å². The van der Waals surface area contributed by atoms with Gasteiger partial charge in [-0.05, 0) is 30.9 Å². The average molecular weight is 323 g/mol. The minimum Gasteiger partial charge on any atom is -0.396 e. The van der Waals surface area contributed by atoms with Crippen LogP contribution in [0.25, 0.3) is 0 Å². The number of hydrogen-bond donors (Lipinski definition) is 1. The van der Waals surface area contributed by atoms with Crippen LogP contribution in [0.4, 0.5) is 5.69 Å². The fraction of sp³-hybridized carbons (Fsp3) is 0.500. The molecule has 1 aliphatic rings. The highest BCUT2D eigenvalue weighted by Gasteiger charge is 2.32. The zero-order chi connectivity index (χ0) is 14.2. The predicted octanol–water partition coefficient (Wildman–Crippen LogP) is 3.00. The van der Waals surface area contributed by atoms with E-state index in [2.05, 4.69) is 0 Å². The van der Waals surface area contributed by atoms with Gasteiger partial charge in [0.25, 0.3) is 0 Å². The summed E-state index contributed by atoms with van der Waals surface area (Å²) in [5.41, 5.74) is 5.79. The first-order valence-electron chi connectivity index (χ1n) is 6.11. The highest BCUT2D eigenvalue weighted by atomic mass is 35.5. The van der Waals surface area contributed by atoms with E-state index >= 15 is 0 Å². The van der Waals surface area contributed by atoms with E-state index in [-0.39, 0.29) is 20.6 Å². The second-order valence-electron chi connectivity index (χ2n) is 4.67. The molecule has 0 aliphatic heterocycles. The molecule has 106 valence electrons. The van der Waals surface area contributed by atoms with Gasteiger partial charge in [0.15, 0.2) is 0 Å². The standard InChI is InChI=1S/C12H16Cl2N2O2S/c1-2-16(7-8-3-4-8)19(17,18)10-6-5-9(13)12(15)11(10)14/h5-6,8H,2-4,7,15H2,1H3. The average Bonchev–Trinajstić information content (AvgIpc) is 3.16. The van der Waals surface area contributed by atoms with Crippen LogP contribution >= 0.6 is 23.2 Å². The topological polar surface area (TPSA) is 63.4 Å². The van der Waals surface area contributed by atoms with Gasteiger partial charge in [-0.15, -0.1) is 0 Å². The lowest BCUT2D eigenvalue weighted by Gasteiger charge is -2.21. The van der Waals surface area contributed by atoms with Crippen LogP contribution in [0.2, 0.25) is 10.0 Å². The van der Waals surface area contributed by atoms with Gasteiger partial charge in [0.05, 0.1) is 15.7 Å². The molecule has 0 heterocycles. The van der Waals surface area contributed by atoms with Crippen LogP contribution in [0.15, 0.2) is 17.0 Å². The molecule has 4 nitrogen and oxygen atoms in total. The first-order valence-corrected chi connectivity index (χ1v) is 8.31. The van der Waals surface area contributed by atoms with Gasteiger partial charge in [-0.3, -0.25) is 0 Å². The summed E-state index contributed by atoms with van der Waals surface area (Å²) in [6, 6.07) is 2.87. The van der Waals surface area contributed by atoms with Gasteiger partial charge in [-0.2, -0.15) is 4.31 Å². The second kappa shape index (κ2) is 5.48. The maximum Gasteiger partial charge on any atom is 0.244 e. The minimum atomic E-state index is -3.61. The maximum atomic E-state index is 12.6. The van der Waals surface area contributed by atoms with Gasteiger partial charge in [-0.25, -0.2) is 8.42 Å². The number of sulfonamides is 1. The SMILES string of the molecule is CCN(CC1CC1)S(=O)(=O)c1ccc(Cl)c(N)c1Cl. The van der Waals surface area contributed by atoms with Crippen molar-refractivity contribution in [3.8, 4) is 0 Å². The first kappa shape index (κ1) is 14.9. The molecule has 1 fully saturated rings. The lowest BCUT2D eigenvalue weighted by Crippen LogP contribution is -2.33. The molecule has 2 N–H and O–H groups in total. The Hall–Kier alpha value is -0.490. The number of hydrogen-bond acceptors (Lipinski definition) is 3. The fourth-order valence-corrected chi connectivity index (χ4v) is 4.14. The van der Waals surface area contributed by atoms with Crippen LogP contribution in [0.5, 0.6) is 0 Å². The number of anilines is 1. The Labute approximate surface area is 123 Å². The number of nitrogen functional groups attached to an aromatic ring is 1. The molecular weight excluding hydrogens is 307 g/mol. The van der Waals surface area contributed by atoms with Gasteiger partial charge < -0.3 is 5.73 Å². The third-order valence-electron chi connectivity index (χ3n) is 3.22. The molecule has 0 unspecified atom stereocenters. The van der Waals surface area contributed by atoms with E-state index in [1.807, 2.05) is 6.92 Å². The Kier molecular flexibility index (Phi) is 4.30. The lowest BCUT2D eigenvalue weighted by atomic mass is 10.3. The van der Waals surface area contributed by atoms with Crippen LogP contribution in [-0.4, -0.2) is 25.8 Å². The van der Waals surface area contributed by atoms with Crippen molar-refractivity contribution in [2.45, 2.75) is 24.7 Å². The summed E-state index contributed by atoms with van der Waals surface area (Å²) in [6.07, 6.45) is 2.17. The van der Waals surface area contributed by atoms with E-state index in [0.717, 1.165) is 12.8 Å². The van der Waals surface area contributed by atoms with Crippen molar-refractivity contribution < 1.29 is 8.42 Å². The summed E-state index contributed by atoms with van der Waals surface area (Å²) in [6.45, 7) is 2.77. The van der Waals surface area contributed by atoms with E-state index in [9.17, 15) is 8.42 Å². The molecule has 1 aromatic carbocycles. The Balaban J connectivity index is 2.40. The van der Waals surface area contributed by atoms with E-state index in [0.29, 0.717) is 19.0 Å². The predicted molar refractivity (Wildman–Crippen MR) is 78.0 cm³/mol. The Bertz CT molecular complexity index is 586. The molecular formula is C12H16Cl2N2O2S. The highest BCUT2D eigenvalue weighted by Crippen LogP contribution is 2.36. The van der Waals surface area contributed by atoms with Gasteiger partial charge >= 0.3 is 0 Å². The van der Waals surface area contributed by atoms with Crippen molar-refractivity contribution in [3.63, 3.8) is 0 Å². The van der Waals surface area contributed by atoms with E-state index in [1.54, 1.807) is 0 Å². The van der Waals surface area contributed by atoms with E-state index in [1.165, 1.54) is 16.4 Å². The molecule has 0 aromatic heterocycles. The third kappa shape index (κ3) is 2.99. The van der Waals surface area contributed by atoms with E-state index in [4.69, 9.17) is 28.9 Å². The van der Waals surface area contributed by atoms with Crippen LogP contribution in [0.1, 0.15) is 19.8 Å². The van der Waals surface area contributed by atoms with Crippen LogP contribution in [0.3, 0.4) is 0 Å². The molecule has 19 heavy (non-hydrogen) atoms. The maximum absolute atomic E-state index is 12.6. The molecule has 2 rings (SSSR count). The number of rotatable bonds is 5. The molecule has 7 heteroatoms. The van der Waals surface area contributed by atoms with E-state index < -0.39 is 10.0 Å². The second-order valence-corrected chi connectivity index (χ2v) is 7.36. The summed E-state index contributed by atoms with van der Waals surface area (Å²) < 4.78 is 26.6. The molecule has 1 aromatic rings. The van der Waals surface area contributed by atoms with Crippen molar-refractivity contribution in [2.24, 2.45) is 5.92 Å². The number of benzene rings is 1. The van der Waals surface area contributed by atoms with Crippen molar-refractivity contribution in [1.82, 2.24) is 4.31 Å². The zero-order valence-corrected chi connectivity index (χ0v) is 12.9. The number of nitrogens with zero attached hydrogens (tertiary/aromatic N) is 1. The van der Waals surface area contributed by atoms with Crippen LogP contribution < -0.4 is 5.73 Å². The monoisotopic (exact) mass is 322 g/mol. The number of halogens is 2. The summed E-state index contributed by atoms with van der Waals surface area (Å²) in [5, 5.41) is 0.260. The number of nitrogens with two attached hydrogens (primary N) is 1. The van der Waals surface area contributed by atoms with Crippen molar-refractivity contribution in [3.05, 3.63) is 22.2 Å². The smallest absolute Gasteiger partial charge is 0.244 e. The molecule has 0 spiro atoms. The highest BCUT2D eigenvalue weighted by molar-refractivity contribution is 7.89. The van der Waals surface area contributed by atoms with Gasteiger partial charge in [-0.1, -0.05) is 30.1 Å². The molecule has 0 atom stereocenters. The van der Waals surface area contributed by atoms with Gasteiger partial charge in [0.1, 0.15) is 4.90 Å². The van der Waals surface area contributed by atoms with Crippen LogP contribution in [-0.2, 0) is 10.0 Å². The largest absolute Gasteiger partial charge is 0.396 e. The fourth-order valence-electron chi connectivity index (χ4n) is 1.87. The molecule has 0 radical (unpaired) electrons. The first-order chi connectivity index (χ1) is 8.87. The lowest BCUT2D eigenvalue weighted by molar-refractivity contribution is 0.412.